The molecule has 1 saturated carbocycles. The Morgan fingerprint density at radius 3 is 2.39 bits per heavy atom. The van der Waals surface area contributed by atoms with Crippen LogP contribution < -0.4 is 5.32 Å². The highest BCUT2D eigenvalue weighted by atomic mass is 19.1. The molecule has 1 heterocycles. The van der Waals surface area contributed by atoms with Crippen molar-refractivity contribution in [2.75, 3.05) is 13.1 Å². The zero-order valence-corrected chi connectivity index (χ0v) is 11.3. The van der Waals surface area contributed by atoms with Crippen molar-refractivity contribution >= 4 is 5.91 Å². The van der Waals surface area contributed by atoms with E-state index < -0.39 is 23.8 Å². The third-order valence-corrected chi connectivity index (χ3v) is 3.68. The molecule has 2 atom stereocenters. The highest BCUT2D eigenvalue weighted by Gasteiger charge is 2.49. The van der Waals surface area contributed by atoms with Gasteiger partial charge in [-0.05, 0) is 40.0 Å². The molecule has 104 valence electrons. The minimum absolute atomic E-state index is 0.0122. The summed E-state index contributed by atoms with van der Waals surface area (Å²) in [6.07, 6.45) is 0.211. The van der Waals surface area contributed by atoms with Crippen LogP contribution in [0.1, 0.15) is 40.0 Å². The van der Waals surface area contributed by atoms with Gasteiger partial charge in [0.2, 0.25) is 0 Å². The molecule has 2 aliphatic rings. The van der Waals surface area contributed by atoms with Crippen molar-refractivity contribution in [3.05, 3.63) is 0 Å². The van der Waals surface area contributed by atoms with E-state index in [2.05, 4.69) is 5.32 Å². The fourth-order valence-electron chi connectivity index (χ4n) is 2.61. The number of rotatable bonds is 2. The number of alkyl halides is 2. The Bertz CT molecular complexity index is 336. The summed E-state index contributed by atoms with van der Waals surface area (Å²) in [5.74, 6) is -0.519. The van der Waals surface area contributed by atoms with Gasteiger partial charge in [0, 0.05) is 12.1 Å². The number of amides is 1. The second kappa shape index (κ2) is 4.44. The Morgan fingerprint density at radius 2 is 1.94 bits per heavy atom. The zero-order chi connectivity index (χ0) is 13.6. The van der Waals surface area contributed by atoms with Crippen LogP contribution in [-0.2, 0) is 4.79 Å². The topological polar surface area (TPSA) is 32.3 Å². The van der Waals surface area contributed by atoms with Crippen LogP contribution in [0, 0.1) is 0 Å². The maximum Gasteiger partial charge on any atom is 0.260 e. The van der Waals surface area contributed by atoms with E-state index in [-0.39, 0.29) is 31.5 Å². The molecule has 2 fully saturated rings. The van der Waals surface area contributed by atoms with Crippen molar-refractivity contribution in [3.63, 3.8) is 0 Å². The maximum atomic E-state index is 14.0. The smallest absolute Gasteiger partial charge is 0.260 e. The van der Waals surface area contributed by atoms with Gasteiger partial charge in [0.15, 0.2) is 5.67 Å². The summed E-state index contributed by atoms with van der Waals surface area (Å²) in [6.45, 7) is 6.13. The molecule has 2 rings (SSSR count). The Morgan fingerprint density at radius 1 is 1.33 bits per heavy atom. The Balaban J connectivity index is 1.96. The molecule has 0 aromatic heterocycles. The molecule has 0 aromatic carbocycles. The van der Waals surface area contributed by atoms with Gasteiger partial charge in [-0.1, -0.05) is 0 Å². The summed E-state index contributed by atoms with van der Waals surface area (Å²) in [5.41, 5.74) is -1.92. The van der Waals surface area contributed by atoms with Crippen molar-refractivity contribution in [2.45, 2.75) is 63.5 Å². The van der Waals surface area contributed by atoms with Gasteiger partial charge in [-0.3, -0.25) is 4.79 Å². The predicted molar refractivity (Wildman–Crippen MR) is 65.8 cm³/mol. The molecule has 1 aliphatic carbocycles. The lowest BCUT2D eigenvalue weighted by molar-refractivity contribution is -0.149. The molecule has 1 aliphatic heterocycles. The van der Waals surface area contributed by atoms with Crippen LogP contribution in [0.2, 0.25) is 0 Å². The number of halogens is 2. The van der Waals surface area contributed by atoms with Crippen molar-refractivity contribution in [3.8, 4) is 0 Å². The van der Waals surface area contributed by atoms with E-state index in [9.17, 15) is 13.6 Å². The molecule has 0 bridgehead atoms. The second-order valence-corrected chi connectivity index (χ2v) is 6.55. The van der Waals surface area contributed by atoms with Crippen molar-refractivity contribution < 1.29 is 13.6 Å². The van der Waals surface area contributed by atoms with Crippen LogP contribution in [-0.4, -0.2) is 47.3 Å². The van der Waals surface area contributed by atoms with E-state index in [4.69, 9.17) is 0 Å². The monoisotopic (exact) mass is 260 g/mol. The van der Waals surface area contributed by atoms with Gasteiger partial charge in [0.05, 0.1) is 12.6 Å². The Kier molecular flexibility index (Phi) is 3.38. The van der Waals surface area contributed by atoms with Crippen LogP contribution in [0.25, 0.3) is 0 Å². The van der Waals surface area contributed by atoms with Gasteiger partial charge >= 0.3 is 0 Å². The lowest BCUT2D eigenvalue weighted by atomic mass is 9.81. The van der Waals surface area contributed by atoms with Crippen LogP contribution in [0.5, 0.6) is 0 Å². The molecule has 0 aromatic rings. The average Bonchev–Trinajstić information content (AvgIpc) is 2.53. The third kappa shape index (κ3) is 2.66. The van der Waals surface area contributed by atoms with Crippen molar-refractivity contribution in [1.82, 2.24) is 10.2 Å². The van der Waals surface area contributed by atoms with E-state index in [1.54, 1.807) is 0 Å². The first-order valence-corrected chi connectivity index (χ1v) is 6.61. The summed E-state index contributed by atoms with van der Waals surface area (Å²) in [5, 5.41) is 3.15. The summed E-state index contributed by atoms with van der Waals surface area (Å²) in [7, 11) is 0. The first-order valence-electron chi connectivity index (χ1n) is 6.61. The number of carbonyl (C=O) groups is 1. The standard InChI is InChI=1S/C13H22F2N2O/c1-12(2,3)16-10-8-17(7-9(10)14)11(18)13(15)5-4-6-13/h9-10,16H,4-8H2,1-3H3/t9-,10?/m0/s1. The lowest BCUT2D eigenvalue weighted by Crippen LogP contribution is -2.51. The second-order valence-electron chi connectivity index (χ2n) is 6.55. The number of nitrogens with zero attached hydrogens (tertiary/aromatic N) is 1. The Labute approximate surface area is 107 Å². The average molecular weight is 260 g/mol. The number of hydrogen-bond donors (Lipinski definition) is 1. The third-order valence-electron chi connectivity index (χ3n) is 3.68. The van der Waals surface area contributed by atoms with E-state index in [0.717, 1.165) is 6.42 Å². The fourth-order valence-corrected chi connectivity index (χ4v) is 2.61. The molecule has 0 spiro atoms. The Hall–Kier alpha value is -0.710. The number of nitrogens with one attached hydrogen (secondary N) is 1. The highest BCUT2D eigenvalue weighted by Crippen LogP contribution is 2.38. The van der Waals surface area contributed by atoms with Crippen LogP contribution >= 0.6 is 0 Å². The molecule has 18 heavy (non-hydrogen) atoms. The number of carbonyl (C=O) groups excluding carboxylic acids is 1. The first-order chi connectivity index (χ1) is 8.21. The molecule has 1 saturated heterocycles. The van der Waals surface area contributed by atoms with Gasteiger partial charge in [-0.25, -0.2) is 8.78 Å². The summed E-state index contributed by atoms with van der Waals surface area (Å²) in [4.78, 5) is 13.3. The number of hydrogen-bond acceptors (Lipinski definition) is 2. The van der Waals surface area contributed by atoms with Crippen molar-refractivity contribution in [2.24, 2.45) is 0 Å². The van der Waals surface area contributed by atoms with Gasteiger partial charge < -0.3 is 10.2 Å². The minimum atomic E-state index is -1.71. The minimum Gasteiger partial charge on any atom is -0.335 e. The van der Waals surface area contributed by atoms with Gasteiger partial charge in [-0.15, -0.1) is 0 Å². The molecule has 0 radical (unpaired) electrons. The largest absolute Gasteiger partial charge is 0.335 e. The van der Waals surface area contributed by atoms with Crippen LogP contribution in [0.15, 0.2) is 0 Å². The maximum absolute atomic E-state index is 14.0. The molecular weight excluding hydrogens is 238 g/mol. The molecule has 3 nitrogen and oxygen atoms in total. The van der Waals surface area contributed by atoms with Crippen LogP contribution in [0.3, 0.4) is 0 Å². The van der Waals surface area contributed by atoms with Gasteiger partial charge in [0.1, 0.15) is 6.17 Å². The highest BCUT2D eigenvalue weighted by molar-refractivity contribution is 5.86. The molecule has 5 heteroatoms. The number of likely N-dealkylation sites (tertiary alicyclic amines) is 1. The van der Waals surface area contributed by atoms with Crippen LogP contribution in [0.4, 0.5) is 8.78 Å². The molecule has 1 N–H and O–H groups in total. The molecular formula is C13H22F2N2O. The molecule has 1 unspecified atom stereocenters. The quantitative estimate of drug-likeness (QED) is 0.821. The normalized spacial score (nSPS) is 31.3. The lowest BCUT2D eigenvalue weighted by Gasteiger charge is -2.35. The van der Waals surface area contributed by atoms with E-state index in [1.165, 1.54) is 4.90 Å². The summed E-state index contributed by atoms with van der Waals surface area (Å²) >= 11 is 0. The van der Waals surface area contributed by atoms with E-state index >= 15 is 0 Å². The first kappa shape index (κ1) is 13.7. The van der Waals surface area contributed by atoms with E-state index in [1.807, 2.05) is 20.8 Å². The summed E-state index contributed by atoms with van der Waals surface area (Å²) < 4.78 is 27.9. The SMILES string of the molecule is CC(C)(C)NC1CN(C(=O)C2(F)CCC2)C[C@@H]1F. The summed E-state index contributed by atoms with van der Waals surface area (Å²) in [6, 6.07) is -0.391. The van der Waals surface area contributed by atoms with Gasteiger partial charge in [0.25, 0.3) is 5.91 Å². The van der Waals surface area contributed by atoms with E-state index in [0.29, 0.717) is 0 Å². The predicted octanol–water partition coefficient (Wildman–Crippen LogP) is 1.82. The van der Waals surface area contributed by atoms with Crippen molar-refractivity contribution in [1.29, 1.82) is 0 Å². The fraction of sp³-hybridized carbons (Fsp3) is 0.923. The molecule has 1 amide bonds. The van der Waals surface area contributed by atoms with Gasteiger partial charge in [-0.2, -0.15) is 0 Å². The zero-order valence-electron chi connectivity index (χ0n) is 11.3.